The van der Waals surface area contributed by atoms with Crippen molar-refractivity contribution in [2.24, 2.45) is 7.05 Å². The second-order valence-corrected chi connectivity index (χ2v) is 5.21. The number of rotatable bonds is 3. The summed E-state index contributed by atoms with van der Waals surface area (Å²) in [7, 11) is -0.961. The Balaban J connectivity index is 3.24. The van der Waals surface area contributed by atoms with Crippen molar-refractivity contribution in [2.45, 2.75) is 5.03 Å². The van der Waals surface area contributed by atoms with Crippen molar-refractivity contribution in [2.75, 3.05) is 13.6 Å². The van der Waals surface area contributed by atoms with Gasteiger partial charge in [-0.25, -0.2) is 8.42 Å². The van der Waals surface area contributed by atoms with Crippen molar-refractivity contribution < 1.29 is 8.42 Å². The highest BCUT2D eigenvalue weighted by Gasteiger charge is 2.27. The van der Waals surface area contributed by atoms with Gasteiger partial charge in [0.1, 0.15) is 6.54 Å². The van der Waals surface area contributed by atoms with Crippen LogP contribution in [0.2, 0.25) is 5.02 Å². The molecule has 0 aliphatic rings. The average molecular weight is 249 g/mol. The molecule has 0 aliphatic carbocycles. The first-order valence-corrected chi connectivity index (χ1v) is 5.74. The van der Waals surface area contributed by atoms with E-state index >= 15 is 0 Å². The fourth-order valence-corrected chi connectivity index (χ4v) is 2.68. The normalized spacial score (nSPS) is 11.7. The molecule has 0 unspecified atom stereocenters. The largest absolute Gasteiger partial charge is 0.262 e. The summed E-state index contributed by atoms with van der Waals surface area (Å²) in [6.07, 6.45) is 1.24. The third-order valence-corrected chi connectivity index (χ3v) is 4.10. The highest BCUT2D eigenvalue weighted by molar-refractivity contribution is 7.89. The van der Waals surface area contributed by atoms with Gasteiger partial charge in [0.05, 0.1) is 17.3 Å². The molecule has 15 heavy (non-hydrogen) atoms. The predicted octanol–water partition coefficient (Wildman–Crippen LogP) is 0.218. The molecule has 0 amide bonds. The zero-order chi connectivity index (χ0) is 11.6. The third-order valence-electron chi connectivity index (χ3n) is 1.79. The number of sulfonamides is 1. The summed E-state index contributed by atoms with van der Waals surface area (Å²) in [5.74, 6) is 0. The maximum atomic E-state index is 11.9. The van der Waals surface area contributed by atoms with Crippen LogP contribution in [0.4, 0.5) is 0 Å². The highest BCUT2D eigenvalue weighted by Crippen LogP contribution is 2.22. The van der Waals surface area contributed by atoms with Crippen LogP contribution in [0.3, 0.4) is 0 Å². The van der Waals surface area contributed by atoms with Crippen molar-refractivity contribution in [1.29, 1.82) is 5.26 Å². The van der Waals surface area contributed by atoms with Crippen LogP contribution in [-0.4, -0.2) is 36.1 Å². The van der Waals surface area contributed by atoms with E-state index in [0.29, 0.717) is 0 Å². The van der Waals surface area contributed by atoms with Crippen molar-refractivity contribution >= 4 is 21.6 Å². The minimum Gasteiger partial charge on any atom is -0.255 e. The Labute approximate surface area is 92.7 Å². The van der Waals surface area contributed by atoms with E-state index in [0.717, 1.165) is 8.99 Å². The number of aryl methyl sites for hydroxylation is 1. The molecule has 0 N–H and O–H groups in total. The molecule has 1 heterocycles. The van der Waals surface area contributed by atoms with Crippen molar-refractivity contribution in [3.8, 4) is 6.07 Å². The van der Waals surface area contributed by atoms with Gasteiger partial charge in [-0.15, -0.1) is 0 Å². The Morgan fingerprint density at radius 1 is 1.73 bits per heavy atom. The second kappa shape index (κ2) is 4.18. The number of nitriles is 1. The van der Waals surface area contributed by atoms with E-state index < -0.39 is 10.0 Å². The second-order valence-electron chi connectivity index (χ2n) is 2.84. The van der Waals surface area contributed by atoms with Crippen LogP contribution < -0.4 is 0 Å². The fraction of sp³-hybridized carbons (Fsp3) is 0.429. The first-order valence-electron chi connectivity index (χ1n) is 3.92. The highest BCUT2D eigenvalue weighted by atomic mass is 35.5. The molecule has 1 aromatic rings. The van der Waals surface area contributed by atoms with Crippen LogP contribution in [0.15, 0.2) is 11.2 Å². The summed E-state index contributed by atoms with van der Waals surface area (Å²) in [5, 5.41) is 12.1. The summed E-state index contributed by atoms with van der Waals surface area (Å²) in [6, 6.07) is 1.75. The average Bonchev–Trinajstić information content (AvgIpc) is 2.46. The first-order chi connectivity index (χ1) is 6.91. The molecule has 0 bridgehead atoms. The standard InChI is InChI=1S/C7H9ClN4O2S/c1-11(4-3-9)15(13,14)7-6(8)5-10-12(7)2/h5H,4H2,1-2H3. The van der Waals surface area contributed by atoms with Crippen LogP contribution in [-0.2, 0) is 17.1 Å². The fourth-order valence-electron chi connectivity index (χ4n) is 1.02. The Morgan fingerprint density at radius 3 is 2.73 bits per heavy atom. The van der Waals surface area contributed by atoms with Gasteiger partial charge >= 0.3 is 0 Å². The van der Waals surface area contributed by atoms with Crippen LogP contribution in [0.5, 0.6) is 0 Å². The van der Waals surface area contributed by atoms with Gasteiger partial charge in [0.25, 0.3) is 10.0 Å². The van der Waals surface area contributed by atoms with E-state index in [9.17, 15) is 8.42 Å². The molecular weight excluding hydrogens is 240 g/mol. The SMILES string of the molecule is CN(CC#N)S(=O)(=O)c1c(Cl)cnn1C. The quantitative estimate of drug-likeness (QED) is 0.717. The molecule has 0 fully saturated rings. The Morgan fingerprint density at radius 2 is 2.33 bits per heavy atom. The van der Waals surface area contributed by atoms with Gasteiger partial charge in [0, 0.05) is 14.1 Å². The molecule has 1 rings (SSSR count). The molecule has 1 aromatic heterocycles. The first kappa shape index (κ1) is 12.0. The van der Waals surface area contributed by atoms with Gasteiger partial charge in [-0.2, -0.15) is 14.7 Å². The molecular formula is C7H9ClN4O2S. The van der Waals surface area contributed by atoms with E-state index in [2.05, 4.69) is 5.10 Å². The molecule has 8 heteroatoms. The zero-order valence-corrected chi connectivity index (χ0v) is 9.75. The number of nitrogens with zero attached hydrogens (tertiary/aromatic N) is 4. The van der Waals surface area contributed by atoms with Gasteiger partial charge < -0.3 is 0 Å². The molecule has 0 saturated heterocycles. The zero-order valence-electron chi connectivity index (χ0n) is 8.18. The maximum Gasteiger partial charge on any atom is 0.262 e. The van der Waals surface area contributed by atoms with E-state index in [4.69, 9.17) is 16.9 Å². The Bertz CT molecular complexity index is 482. The van der Waals surface area contributed by atoms with E-state index in [1.807, 2.05) is 0 Å². The number of halogens is 1. The lowest BCUT2D eigenvalue weighted by molar-refractivity contribution is 0.489. The topological polar surface area (TPSA) is 79.0 Å². The van der Waals surface area contributed by atoms with Crippen molar-refractivity contribution in [3.05, 3.63) is 11.2 Å². The van der Waals surface area contributed by atoms with Crippen LogP contribution >= 0.6 is 11.6 Å². The molecule has 0 aliphatic heterocycles. The summed E-state index contributed by atoms with van der Waals surface area (Å²) in [5.41, 5.74) is 0. The minimum absolute atomic E-state index is 0.0438. The summed E-state index contributed by atoms with van der Waals surface area (Å²) < 4.78 is 25.8. The Hall–Kier alpha value is -1.10. The van der Waals surface area contributed by atoms with Gasteiger partial charge in [-0.3, -0.25) is 4.68 Å². The molecule has 82 valence electrons. The van der Waals surface area contributed by atoms with Crippen LogP contribution in [0.1, 0.15) is 0 Å². The van der Waals surface area contributed by atoms with Crippen LogP contribution in [0, 0.1) is 11.3 Å². The molecule has 0 aromatic carbocycles. The Kier molecular flexibility index (Phi) is 3.34. The number of hydrogen-bond acceptors (Lipinski definition) is 4. The van der Waals surface area contributed by atoms with Gasteiger partial charge in [0.15, 0.2) is 5.03 Å². The molecule has 0 atom stereocenters. The van der Waals surface area contributed by atoms with E-state index in [1.165, 1.54) is 20.3 Å². The third kappa shape index (κ3) is 2.12. The van der Waals surface area contributed by atoms with Gasteiger partial charge in [0.2, 0.25) is 0 Å². The molecule has 0 saturated carbocycles. The maximum absolute atomic E-state index is 11.9. The minimum atomic E-state index is -3.74. The lowest BCUT2D eigenvalue weighted by Crippen LogP contribution is -2.29. The van der Waals surface area contributed by atoms with Gasteiger partial charge in [-0.1, -0.05) is 11.6 Å². The van der Waals surface area contributed by atoms with Gasteiger partial charge in [-0.05, 0) is 0 Å². The van der Waals surface area contributed by atoms with Crippen molar-refractivity contribution in [3.63, 3.8) is 0 Å². The molecule has 0 radical (unpaired) electrons. The summed E-state index contributed by atoms with van der Waals surface area (Å²) in [6.45, 7) is -0.232. The lowest BCUT2D eigenvalue weighted by atomic mass is 10.7. The van der Waals surface area contributed by atoms with Crippen LogP contribution in [0.25, 0.3) is 0 Å². The summed E-state index contributed by atoms with van der Waals surface area (Å²) >= 11 is 5.70. The predicted molar refractivity (Wildman–Crippen MR) is 53.6 cm³/mol. The molecule has 0 spiro atoms. The summed E-state index contributed by atoms with van der Waals surface area (Å²) in [4.78, 5) is 0. The molecule has 6 nitrogen and oxygen atoms in total. The smallest absolute Gasteiger partial charge is 0.255 e. The van der Waals surface area contributed by atoms with E-state index in [1.54, 1.807) is 6.07 Å². The number of hydrogen-bond donors (Lipinski definition) is 0. The lowest BCUT2D eigenvalue weighted by Gasteiger charge is -2.13. The van der Waals surface area contributed by atoms with Crippen molar-refractivity contribution in [1.82, 2.24) is 14.1 Å². The number of aromatic nitrogens is 2. The van der Waals surface area contributed by atoms with E-state index in [-0.39, 0.29) is 16.6 Å². The monoisotopic (exact) mass is 248 g/mol.